The van der Waals surface area contributed by atoms with Crippen LogP contribution in [-0.4, -0.2) is 12.0 Å². The van der Waals surface area contributed by atoms with Gasteiger partial charge in [0.05, 0.1) is 6.20 Å². The van der Waals surface area contributed by atoms with Crippen molar-refractivity contribution in [3.63, 3.8) is 0 Å². The Balaban J connectivity index is 2.94. The first-order chi connectivity index (χ1) is 4.33. The van der Waals surface area contributed by atoms with E-state index >= 15 is 0 Å². The largest absolute Gasteiger partial charge is 0.388 e. The maximum absolute atomic E-state index is 5.35. The van der Waals surface area contributed by atoms with Gasteiger partial charge >= 0.3 is 0 Å². The zero-order valence-corrected chi connectivity index (χ0v) is 5.18. The minimum absolute atomic E-state index is 0.488. The van der Waals surface area contributed by atoms with Crippen LogP contribution in [0.25, 0.3) is 0 Å². The second kappa shape index (κ2) is 2.35. The van der Waals surface area contributed by atoms with Crippen LogP contribution in [0.5, 0.6) is 0 Å². The molecule has 1 heterocycles. The van der Waals surface area contributed by atoms with E-state index in [4.69, 9.17) is 5.73 Å². The average molecular weight is 122 g/mol. The predicted molar refractivity (Wildman–Crippen MR) is 37.0 cm³/mol. The third-order valence-corrected chi connectivity index (χ3v) is 1.01. The SMILES string of the molecule is CNc1c[c]nc(N)c1. The zero-order valence-electron chi connectivity index (χ0n) is 5.18. The molecule has 0 bridgehead atoms. The molecule has 3 nitrogen and oxygen atoms in total. The zero-order chi connectivity index (χ0) is 6.69. The van der Waals surface area contributed by atoms with Gasteiger partial charge in [-0.25, -0.2) is 4.98 Å². The lowest BCUT2D eigenvalue weighted by molar-refractivity contribution is 1.31. The molecule has 0 fully saturated rings. The molecule has 1 rings (SSSR count). The van der Waals surface area contributed by atoms with Crippen molar-refractivity contribution in [3.8, 4) is 0 Å². The molecule has 0 unspecified atom stereocenters. The number of aromatic nitrogens is 1. The molecule has 3 heteroatoms. The number of nitrogens with two attached hydrogens (primary N) is 1. The third kappa shape index (κ3) is 1.32. The van der Waals surface area contributed by atoms with Crippen molar-refractivity contribution >= 4 is 11.5 Å². The van der Waals surface area contributed by atoms with Gasteiger partial charge in [-0.05, 0) is 6.07 Å². The van der Waals surface area contributed by atoms with E-state index in [-0.39, 0.29) is 0 Å². The number of hydrogen-bond donors (Lipinski definition) is 2. The second-order valence-electron chi connectivity index (χ2n) is 1.66. The molecule has 3 N–H and O–H groups in total. The lowest BCUT2D eigenvalue weighted by Crippen LogP contribution is -1.92. The molecule has 1 radical (unpaired) electrons. The van der Waals surface area contributed by atoms with Crippen molar-refractivity contribution < 1.29 is 0 Å². The van der Waals surface area contributed by atoms with Crippen LogP contribution < -0.4 is 11.1 Å². The van der Waals surface area contributed by atoms with Gasteiger partial charge in [0.1, 0.15) is 5.82 Å². The van der Waals surface area contributed by atoms with Gasteiger partial charge in [-0.1, -0.05) is 0 Å². The third-order valence-electron chi connectivity index (χ3n) is 1.01. The van der Waals surface area contributed by atoms with Gasteiger partial charge in [0, 0.05) is 18.8 Å². The average Bonchev–Trinajstić information content (AvgIpc) is 1.88. The summed E-state index contributed by atoms with van der Waals surface area (Å²) in [5.41, 5.74) is 6.28. The van der Waals surface area contributed by atoms with Crippen LogP contribution in [-0.2, 0) is 0 Å². The summed E-state index contributed by atoms with van der Waals surface area (Å²) >= 11 is 0. The minimum atomic E-state index is 0.488. The molecule has 0 spiro atoms. The molecule has 0 atom stereocenters. The topological polar surface area (TPSA) is 50.9 Å². The Morgan fingerprint density at radius 3 is 3.00 bits per heavy atom. The Hall–Kier alpha value is -1.25. The summed E-state index contributed by atoms with van der Waals surface area (Å²) in [4.78, 5) is 3.70. The van der Waals surface area contributed by atoms with E-state index in [1.165, 1.54) is 0 Å². The monoisotopic (exact) mass is 122 g/mol. The lowest BCUT2D eigenvalue weighted by Gasteiger charge is -1.96. The summed E-state index contributed by atoms with van der Waals surface area (Å²) in [6, 6.07) is 3.48. The molecule has 9 heavy (non-hydrogen) atoms. The van der Waals surface area contributed by atoms with Crippen LogP contribution in [0.15, 0.2) is 12.1 Å². The van der Waals surface area contributed by atoms with Crippen molar-refractivity contribution in [1.29, 1.82) is 0 Å². The van der Waals surface area contributed by atoms with E-state index in [2.05, 4.69) is 16.5 Å². The predicted octanol–water partition coefficient (Wildman–Crippen LogP) is 0.506. The second-order valence-corrected chi connectivity index (χ2v) is 1.66. The fourth-order valence-corrected chi connectivity index (χ4v) is 0.554. The molecule has 0 aliphatic rings. The first kappa shape index (κ1) is 5.88. The summed E-state index contributed by atoms with van der Waals surface area (Å²) in [5, 5.41) is 2.92. The Kier molecular flexibility index (Phi) is 1.53. The van der Waals surface area contributed by atoms with Crippen LogP contribution in [0, 0.1) is 6.20 Å². The normalized spacial score (nSPS) is 9.00. The summed E-state index contributed by atoms with van der Waals surface area (Å²) in [6.45, 7) is 0. The number of nitrogens with zero attached hydrogens (tertiary/aromatic N) is 1. The molecular formula is C6H8N3. The summed E-state index contributed by atoms with van der Waals surface area (Å²) in [5.74, 6) is 0.488. The van der Waals surface area contributed by atoms with Gasteiger partial charge in [0.15, 0.2) is 0 Å². The molecule has 1 aromatic rings. The number of anilines is 2. The molecule has 0 aliphatic carbocycles. The van der Waals surface area contributed by atoms with Crippen molar-refractivity contribution in [2.45, 2.75) is 0 Å². The van der Waals surface area contributed by atoms with Crippen LogP contribution in [0.2, 0.25) is 0 Å². The van der Waals surface area contributed by atoms with Crippen LogP contribution in [0.3, 0.4) is 0 Å². The summed E-state index contributed by atoms with van der Waals surface area (Å²) in [6.07, 6.45) is 2.64. The fraction of sp³-hybridized carbons (Fsp3) is 0.167. The van der Waals surface area contributed by atoms with Gasteiger partial charge in [-0.3, -0.25) is 0 Å². The number of rotatable bonds is 1. The van der Waals surface area contributed by atoms with Gasteiger partial charge in [-0.15, -0.1) is 0 Å². The minimum Gasteiger partial charge on any atom is -0.388 e. The van der Waals surface area contributed by atoms with E-state index in [9.17, 15) is 0 Å². The number of nitrogen functional groups attached to an aromatic ring is 1. The smallest absolute Gasteiger partial charge is 0.126 e. The summed E-state index contributed by atoms with van der Waals surface area (Å²) < 4.78 is 0. The molecule has 0 amide bonds. The highest BCUT2D eigenvalue weighted by Gasteiger charge is 1.87. The van der Waals surface area contributed by atoms with Crippen molar-refractivity contribution in [2.24, 2.45) is 0 Å². The highest BCUT2D eigenvalue weighted by Crippen LogP contribution is 2.05. The maximum Gasteiger partial charge on any atom is 0.126 e. The van der Waals surface area contributed by atoms with E-state index in [1.54, 1.807) is 12.1 Å². The Morgan fingerprint density at radius 1 is 1.78 bits per heavy atom. The van der Waals surface area contributed by atoms with E-state index in [0.29, 0.717) is 5.82 Å². The molecule has 1 aromatic heterocycles. The molecule has 47 valence electrons. The lowest BCUT2D eigenvalue weighted by atomic mass is 10.4. The van der Waals surface area contributed by atoms with Crippen molar-refractivity contribution in [2.75, 3.05) is 18.1 Å². The summed E-state index contributed by atoms with van der Waals surface area (Å²) in [7, 11) is 1.82. The van der Waals surface area contributed by atoms with Crippen LogP contribution in [0.1, 0.15) is 0 Å². The number of hydrogen-bond acceptors (Lipinski definition) is 3. The Bertz CT molecular complexity index is 197. The fourth-order valence-electron chi connectivity index (χ4n) is 0.554. The van der Waals surface area contributed by atoms with Gasteiger partial charge < -0.3 is 11.1 Å². The number of pyridine rings is 1. The quantitative estimate of drug-likeness (QED) is 0.570. The van der Waals surface area contributed by atoms with Crippen molar-refractivity contribution in [3.05, 3.63) is 18.3 Å². The first-order valence-electron chi connectivity index (χ1n) is 2.64. The highest BCUT2D eigenvalue weighted by atomic mass is 14.9. The highest BCUT2D eigenvalue weighted by molar-refractivity contribution is 5.48. The van der Waals surface area contributed by atoms with E-state index in [1.807, 2.05) is 7.05 Å². The van der Waals surface area contributed by atoms with E-state index < -0.39 is 0 Å². The van der Waals surface area contributed by atoms with Gasteiger partial charge in [0.25, 0.3) is 0 Å². The molecule has 0 aromatic carbocycles. The Labute approximate surface area is 53.9 Å². The first-order valence-corrected chi connectivity index (χ1v) is 2.64. The van der Waals surface area contributed by atoms with E-state index in [0.717, 1.165) is 5.69 Å². The molecular weight excluding hydrogens is 114 g/mol. The Morgan fingerprint density at radius 2 is 2.56 bits per heavy atom. The molecule has 0 saturated heterocycles. The number of nitrogens with one attached hydrogen (secondary N) is 1. The maximum atomic E-state index is 5.35. The van der Waals surface area contributed by atoms with Crippen molar-refractivity contribution in [1.82, 2.24) is 4.98 Å². The molecule has 0 saturated carbocycles. The molecule has 0 aliphatic heterocycles. The van der Waals surface area contributed by atoms with Gasteiger partial charge in [0.2, 0.25) is 0 Å². The van der Waals surface area contributed by atoms with Crippen LogP contribution in [0.4, 0.5) is 11.5 Å². The van der Waals surface area contributed by atoms with Crippen LogP contribution >= 0.6 is 0 Å². The standard InChI is InChI=1S/C6H8N3/c1-8-5-2-3-9-6(7)4-5/h2,4H,1H3,(H3,7,8,9). The van der Waals surface area contributed by atoms with Gasteiger partial charge in [-0.2, -0.15) is 0 Å².